The minimum Gasteiger partial charge on any atom is -0.469 e. The molecule has 0 aromatic heterocycles. The van der Waals surface area contributed by atoms with E-state index in [2.05, 4.69) is 9.89 Å². The quantitative estimate of drug-likeness (QED) is 0.803. The Hall–Kier alpha value is -1.26. The number of ether oxygens (including phenoxy) is 1. The Morgan fingerprint density at radius 3 is 2.94 bits per heavy atom. The predicted molar refractivity (Wildman–Crippen MR) is 69.1 cm³/mol. The fraction of sp³-hybridized carbons (Fsp3) is 0.333. The molecule has 0 saturated heterocycles. The highest BCUT2D eigenvalue weighted by molar-refractivity contribution is 6.42. The second-order valence-electron chi connectivity index (χ2n) is 3.88. The molecule has 0 N–H and O–H groups in total. The minimum absolute atomic E-state index is 0.116. The maximum Gasteiger partial charge on any atom is 0.306 e. The molecule has 1 aromatic carbocycles. The van der Waals surface area contributed by atoms with Gasteiger partial charge in [0.1, 0.15) is 6.61 Å². The van der Waals surface area contributed by atoms with Gasteiger partial charge in [-0.05, 0) is 12.1 Å². The molecule has 1 aromatic rings. The molecule has 1 unspecified atom stereocenters. The fourth-order valence-corrected chi connectivity index (χ4v) is 2.03. The van der Waals surface area contributed by atoms with Crippen LogP contribution in [-0.2, 0) is 14.4 Å². The van der Waals surface area contributed by atoms with Gasteiger partial charge in [0.05, 0.1) is 35.2 Å². The largest absolute Gasteiger partial charge is 0.469 e. The Morgan fingerprint density at radius 2 is 2.28 bits per heavy atom. The van der Waals surface area contributed by atoms with Crippen LogP contribution in [0.1, 0.15) is 12.0 Å². The Balaban J connectivity index is 2.20. The van der Waals surface area contributed by atoms with E-state index in [0.717, 1.165) is 5.56 Å². The number of hydrogen-bond acceptors (Lipinski definition) is 4. The Morgan fingerprint density at radius 1 is 1.50 bits per heavy atom. The summed E-state index contributed by atoms with van der Waals surface area (Å²) in [6.45, 7) is 0.366. The van der Waals surface area contributed by atoms with Gasteiger partial charge in [-0.15, -0.1) is 0 Å². The molecule has 0 spiro atoms. The molecule has 0 saturated carbocycles. The second-order valence-corrected chi connectivity index (χ2v) is 4.69. The fourth-order valence-electron chi connectivity index (χ4n) is 1.73. The first-order valence-corrected chi connectivity index (χ1v) is 6.09. The van der Waals surface area contributed by atoms with Crippen LogP contribution >= 0.6 is 23.2 Å². The third kappa shape index (κ3) is 2.76. The van der Waals surface area contributed by atoms with Crippen molar-refractivity contribution in [3.8, 4) is 0 Å². The van der Waals surface area contributed by atoms with Crippen LogP contribution in [0.25, 0.3) is 0 Å². The lowest BCUT2D eigenvalue weighted by Gasteiger charge is -2.09. The number of nitrogens with zero attached hydrogens (tertiary/aromatic N) is 1. The summed E-state index contributed by atoms with van der Waals surface area (Å²) >= 11 is 11.8. The zero-order valence-corrected chi connectivity index (χ0v) is 11.2. The van der Waals surface area contributed by atoms with Crippen LogP contribution in [0.2, 0.25) is 10.0 Å². The van der Waals surface area contributed by atoms with Crippen molar-refractivity contribution in [1.82, 2.24) is 0 Å². The van der Waals surface area contributed by atoms with Crippen molar-refractivity contribution in [2.24, 2.45) is 11.1 Å². The van der Waals surface area contributed by atoms with Crippen molar-refractivity contribution in [2.75, 3.05) is 13.7 Å². The van der Waals surface area contributed by atoms with Crippen molar-refractivity contribution in [2.45, 2.75) is 6.42 Å². The number of halogens is 2. The van der Waals surface area contributed by atoms with E-state index in [1.165, 1.54) is 7.11 Å². The van der Waals surface area contributed by atoms with Gasteiger partial charge >= 0.3 is 5.97 Å². The number of esters is 1. The monoisotopic (exact) mass is 287 g/mol. The molecule has 0 radical (unpaired) electrons. The molecule has 1 heterocycles. The van der Waals surface area contributed by atoms with E-state index >= 15 is 0 Å². The van der Waals surface area contributed by atoms with Crippen LogP contribution in [0.4, 0.5) is 0 Å². The highest BCUT2D eigenvalue weighted by Gasteiger charge is 2.27. The van der Waals surface area contributed by atoms with Crippen LogP contribution in [0.15, 0.2) is 23.4 Å². The molecule has 6 heteroatoms. The first kappa shape index (κ1) is 13.2. The Labute approximate surface area is 114 Å². The summed E-state index contributed by atoms with van der Waals surface area (Å²) in [7, 11) is 1.36. The third-order valence-electron chi connectivity index (χ3n) is 2.68. The van der Waals surface area contributed by atoms with Gasteiger partial charge in [-0.25, -0.2) is 0 Å². The van der Waals surface area contributed by atoms with Crippen molar-refractivity contribution in [3.63, 3.8) is 0 Å². The molecule has 1 aliphatic heterocycles. The number of methoxy groups -OCH3 is 1. The lowest BCUT2D eigenvalue weighted by Crippen LogP contribution is -2.19. The summed E-state index contributed by atoms with van der Waals surface area (Å²) in [5.41, 5.74) is 1.50. The maximum atomic E-state index is 11.3. The first-order valence-electron chi connectivity index (χ1n) is 5.34. The van der Waals surface area contributed by atoms with Crippen molar-refractivity contribution in [3.05, 3.63) is 33.8 Å². The number of rotatable bonds is 3. The van der Waals surface area contributed by atoms with Gasteiger partial charge in [-0.1, -0.05) is 34.4 Å². The van der Waals surface area contributed by atoms with E-state index in [0.29, 0.717) is 22.4 Å². The highest BCUT2D eigenvalue weighted by atomic mass is 35.5. The lowest BCUT2D eigenvalue weighted by atomic mass is 9.95. The Kier molecular flexibility index (Phi) is 4.09. The Bertz CT molecular complexity index is 502. The van der Waals surface area contributed by atoms with Crippen molar-refractivity contribution >= 4 is 34.9 Å². The standard InChI is InChI=1S/C12H11Cl2NO3/c1-17-11(16)5-8-6-18-15-12(8)7-2-3-9(13)10(14)4-7/h2-4,8H,5-6H2,1H3. The van der Waals surface area contributed by atoms with E-state index in [-0.39, 0.29) is 18.3 Å². The topological polar surface area (TPSA) is 47.9 Å². The van der Waals surface area contributed by atoms with Crippen molar-refractivity contribution in [1.29, 1.82) is 0 Å². The molecule has 1 atom stereocenters. The zero-order chi connectivity index (χ0) is 13.1. The van der Waals surface area contributed by atoms with E-state index in [4.69, 9.17) is 28.0 Å². The molecule has 0 aliphatic carbocycles. The van der Waals surface area contributed by atoms with Crippen molar-refractivity contribution < 1.29 is 14.4 Å². The van der Waals surface area contributed by atoms with Crippen LogP contribution in [0.5, 0.6) is 0 Å². The normalized spacial score (nSPS) is 18.2. The smallest absolute Gasteiger partial charge is 0.306 e. The molecule has 4 nitrogen and oxygen atoms in total. The molecular formula is C12H11Cl2NO3. The number of carbonyl (C=O) groups excluding carboxylic acids is 1. The molecule has 0 bridgehead atoms. The summed E-state index contributed by atoms with van der Waals surface area (Å²) in [5.74, 6) is -0.409. The van der Waals surface area contributed by atoms with Gasteiger partial charge in [0.2, 0.25) is 0 Å². The van der Waals surface area contributed by atoms with E-state index in [1.54, 1.807) is 18.2 Å². The summed E-state index contributed by atoms with van der Waals surface area (Å²) < 4.78 is 4.64. The summed E-state index contributed by atoms with van der Waals surface area (Å²) in [4.78, 5) is 16.3. The zero-order valence-electron chi connectivity index (χ0n) is 9.65. The summed E-state index contributed by atoms with van der Waals surface area (Å²) in [6, 6.07) is 5.20. The average molecular weight is 288 g/mol. The molecular weight excluding hydrogens is 277 g/mol. The van der Waals surface area contributed by atoms with E-state index in [1.807, 2.05) is 0 Å². The van der Waals surface area contributed by atoms with Crippen LogP contribution in [0.3, 0.4) is 0 Å². The number of hydrogen-bond donors (Lipinski definition) is 0. The maximum absolute atomic E-state index is 11.3. The lowest BCUT2D eigenvalue weighted by molar-refractivity contribution is -0.141. The molecule has 0 fully saturated rings. The van der Waals surface area contributed by atoms with Gasteiger partial charge in [0.15, 0.2) is 0 Å². The summed E-state index contributed by atoms with van der Waals surface area (Å²) in [6.07, 6.45) is 0.232. The van der Waals surface area contributed by atoms with Gasteiger partial charge in [0, 0.05) is 5.56 Å². The molecule has 2 rings (SSSR count). The van der Waals surface area contributed by atoms with Gasteiger partial charge in [-0.3, -0.25) is 4.79 Å². The minimum atomic E-state index is -0.293. The van der Waals surface area contributed by atoms with E-state index < -0.39 is 0 Å². The first-order chi connectivity index (χ1) is 8.61. The molecule has 96 valence electrons. The van der Waals surface area contributed by atoms with E-state index in [9.17, 15) is 4.79 Å². The number of benzene rings is 1. The van der Waals surface area contributed by atoms with Gasteiger partial charge < -0.3 is 9.57 Å². The SMILES string of the molecule is COC(=O)CC1CON=C1c1ccc(Cl)c(Cl)c1. The number of carbonyl (C=O) groups is 1. The molecule has 18 heavy (non-hydrogen) atoms. The molecule has 0 amide bonds. The molecule has 1 aliphatic rings. The van der Waals surface area contributed by atoms with Gasteiger partial charge in [-0.2, -0.15) is 0 Å². The van der Waals surface area contributed by atoms with Crippen LogP contribution in [-0.4, -0.2) is 25.4 Å². The predicted octanol–water partition coefficient (Wildman–Crippen LogP) is 2.91. The summed E-state index contributed by atoms with van der Waals surface area (Å²) in [5, 5.41) is 4.87. The second kappa shape index (κ2) is 5.59. The average Bonchev–Trinajstić information content (AvgIpc) is 2.80. The highest BCUT2D eigenvalue weighted by Crippen LogP contribution is 2.27. The third-order valence-corrected chi connectivity index (χ3v) is 3.42. The van der Waals surface area contributed by atoms with Crippen LogP contribution in [0, 0.1) is 5.92 Å². The van der Waals surface area contributed by atoms with Gasteiger partial charge in [0.25, 0.3) is 0 Å². The number of oxime groups is 1. The van der Waals surface area contributed by atoms with Crippen LogP contribution < -0.4 is 0 Å².